The molecule has 0 radical (unpaired) electrons. The predicted octanol–water partition coefficient (Wildman–Crippen LogP) is 5.22. The molecule has 5 heteroatoms. The molecule has 4 aromatic rings. The molecule has 1 aliphatic heterocycles. The number of aryl methyl sites for hydroxylation is 1. The van der Waals surface area contributed by atoms with Crippen molar-refractivity contribution in [3.05, 3.63) is 53.9 Å². The quantitative estimate of drug-likeness (QED) is 0.455. The second-order valence-electron chi connectivity index (χ2n) is 9.14. The van der Waals surface area contributed by atoms with Crippen LogP contribution in [-0.4, -0.2) is 45.4 Å². The maximum Gasteiger partial charge on any atom is 0.140 e. The Labute approximate surface area is 183 Å². The van der Waals surface area contributed by atoms with Crippen molar-refractivity contribution in [3.63, 3.8) is 0 Å². The number of H-pyrrole nitrogens is 1. The fourth-order valence-corrected chi connectivity index (χ4v) is 5.26. The molecule has 0 saturated carbocycles. The van der Waals surface area contributed by atoms with E-state index >= 15 is 0 Å². The van der Waals surface area contributed by atoms with Gasteiger partial charge in [0.15, 0.2) is 0 Å². The van der Waals surface area contributed by atoms with Crippen molar-refractivity contribution >= 4 is 28.2 Å². The summed E-state index contributed by atoms with van der Waals surface area (Å²) in [5.41, 5.74) is 7.43. The summed E-state index contributed by atoms with van der Waals surface area (Å²) in [7, 11) is 2.06. The number of hydrogen-bond donors (Lipinski definition) is 1. The lowest BCUT2D eigenvalue weighted by atomic mass is 9.87. The first kappa shape index (κ1) is 20.0. The molecule has 160 valence electrons. The van der Waals surface area contributed by atoms with E-state index in [1.54, 1.807) is 0 Å². The molecule has 0 unspecified atom stereocenters. The van der Waals surface area contributed by atoms with Crippen molar-refractivity contribution < 1.29 is 4.79 Å². The van der Waals surface area contributed by atoms with E-state index in [0.29, 0.717) is 18.4 Å². The lowest BCUT2D eigenvalue weighted by Gasteiger charge is -2.30. The largest absolute Gasteiger partial charge is 0.354 e. The van der Waals surface area contributed by atoms with Crippen molar-refractivity contribution in [2.45, 2.75) is 38.5 Å². The Balaban J connectivity index is 1.58. The second-order valence-corrected chi connectivity index (χ2v) is 9.14. The molecule has 1 aliphatic rings. The number of aromatic amines is 1. The van der Waals surface area contributed by atoms with Gasteiger partial charge in [-0.25, -0.2) is 4.98 Å². The van der Waals surface area contributed by atoms with Gasteiger partial charge >= 0.3 is 0 Å². The van der Waals surface area contributed by atoms with Gasteiger partial charge in [0.1, 0.15) is 11.9 Å². The zero-order valence-electron chi connectivity index (χ0n) is 18.6. The third-order valence-corrected chi connectivity index (χ3v) is 6.83. The molecule has 0 bridgehead atoms. The molecule has 0 aliphatic carbocycles. The molecular weight excluding hydrogens is 384 g/mol. The van der Waals surface area contributed by atoms with E-state index in [0.717, 1.165) is 37.9 Å². The Hall–Kier alpha value is -2.92. The number of hydrogen-bond acceptors (Lipinski definition) is 3. The number of piperidine rings is 1. The summed E-state index contributed by atoms with van der Waals surface area (Å²) < 4.78 is 2.11. The van der Waals surface area contributed by atoms with Crippen LogP contribution < -0.4 is 0 Å². The van der Waals surface area contributed by atoms with E-state index in [4.69, 9.17) is 0 Å². The minimum absolute atomic E-state index is 0.403. The molecule has 1 aromatic carbocycles. The summed E-state index contributed by atoms with van der Waals surface area (Å²) in [6.07, 6.45) is 7.29. The maximum absolute atomic E-state index is 10.8. The number of carbonyl (C=O) groups is 1. The topological polar surface area (TPSA) is 53.9 Å². The van der Waals surface area contributed by atoms with Crippen LogP contribution in [0.4, 0.5) is 0 Å². The third-order valence-electron chi connectivity index (χ3n) is 6.83. The van der Waals surface area contributed by atoms with Gasteiger partial charge in [-0.05, 0) is 73.2 Å². The van der Waals surface area contributed by atoms with Crippen LogP contribution in [0.25, 0.3) is 33.2 Å². The first-order chi connectivity index (χ1) is 15.1. The van der Waals surface area contributed by atoms with Crippen LogP contribution in [0.3, 0.4) is 0 Å². The number of nitrogens with one attached hydrogen (secondary N) is 1. The number of likely N-dealkylation sites (tertiary alicyclic amines) is 1. The lowest BCUT2D eigenvalue weighted by molar-refractivity contribution is -0.109. The summed E-state index contributed by atoms with van der Waals surface area (Å²) in [4.78, 5) is 21.4. The number of carbonyl (C=O) groups excluding carboxylic acids is 1. The van der Waals surface area contributed by atoms with Gasteiger partial charge in [0.2, 0.25) is 0 Å². The predicted molar refractivity (Wildman–Crippen MR) is 127 cm³/mol. The highest BCUT2D eigenvalue weighted by Crippen LogP contribution is 2.40. The maximum atomic E-state index is 10.8. The molecule has 3 aromatic heterocycles. The summed E-state index contributed by atoms with van der Waals surface area (Å²) >= 11 is 0. The van der Waals surface area contributed by atoms with Crippen molar-refractivity contribution in [1.29, 1.82) is 0 Å². The molecule has 31 heavy (non-hydrogen) atoms. The van der Waals surface area contributed by atoms with Crippen molar-refractivity contribution in [3.8, 4) is 11.3 Å². The monoisotopic (exact) mass is 414 g/mol. The first-order valence-corrected chi connectivity index (χ1v) is 11.3. The van der Waals surface area contributed by atoms with Crippen LogP contribution in [-0.2, 0) is 11.8 Å². The van der Waals surface area contributed by atoms with E-state index in [1.807, 2.05) is 12.3 Å². The van der Waals surface area contributed by atoms with E-state index in [9.17, 15) is 4.79 Å². The molecule has 0 atom stereocenters. The second kappa shape index (κ2) is 7.97. The number of aromatic nitrogens is 3. The van der Waals surface area contributed by atoms with Gasteiger partial charge in [-0.15, -0.1) is 0 Å². The smallest absolute Gasteiger partial charge is 0.140 e. The average Bonchev–Trinajstić information content (AvgIpc) is 3.32. The minimum atomic E-state index is 0.403. The fraction of sp³-hybridized carbons (Fsp3) is 0.385. The number of aldehydes is 1. The minimum Gasteiger partial charge on any atom is -0.354 e. The van der Waals surface area contributed by atoms with Crippen molar-refractivity contribution in [2.24, 2.45) is 7.05 Å². The highest BCUT2D eigenvalue weighted by atomic mass is 16.1. The van der Waals surface area contributed by atoms with Crippen LogP contribution >= 0.6 is 0 Å². The number of rotatable bonds is 5. The van der Waals surface area contributed by atoms with E-state index < -0.39 is 0 Å². The van der Waals surface area contributed by atoms with Gasteiger partial charge in [0, 0.05) is 41.3 Å². The molecule has 1 saturated heterocycles. The van der Waals surface area contributed by atoms with Gasteiger partial charge in [0.25, 0.3) is 0 Å². The normalized spacial score (nSPS) is 16.0. The lowest BCUT2D eigenvalue weighted by Crippen LogP contribution is -2.34. The van der Waals surface area contributed by atoms with Crippen LogP contribution in [0.15, 0.2) is 42.7 Å². The number of nitrogens with zero attached hydrogens (tertiary/aromatic N) is 3. The van der Waals surface area contributed by atoms with Gasteiger partial charge in [-0.3, -0.25) is 4.90 Å². The van der Waals surface area contributed by atoms with Crippen LogP contribution in [0.5, 0.6) is 0 Å². The van der Waals surface area contributed by atoms with Gasteiger partial charge < -0.3 is 14.3 Å². The summed E-state index contributed by atoms with van der Waals surface area (Å²) in [5, 5.41) is 2.51. The molecule has 5 rings (SSSR count). The Kier molecular flexibility index (Phi) is 5.14. The molecule has 5 nitrogen and oxygen atoms in total. The molecule has 0 spiro atoms. The van der Waals surface area contributed by atoms with Gasteiger partial charge in [0.05, 0.1) is 12.2 Å². The average molecular weight is 415 g/mol. The summed E-state index contributed by atoms with van der Waals surface area (Å²) in [6, 6.07) is 11.1. The number of fused-ring (bicyclic) bond motifs is 2. The van der Waals surface area contributed by atoms with Gasteiger partial charge in [-0.2, -0.15) is 0 Å². The Bertz CT molecular complexity index is 1240. The molecule has 1 fully saturated rings. The Morgan fingerprint density at radius 2 is 2.00 bits per heavy atom. The highest BCUT2D eigenvalue weighted by molar-refractivity contribution is 5.99. The SMILES string of the molecule is CC(C)c1c(-c2cn(C)c3ncccc23)[nH]c2ccc(C3CCN(CC=O)CC3)cc12. The zero-order chi connectivity index (χ0) is 21.5. The number of pyridine rings is 1. The summed E-state index contributed by atoms with van der Waals surface area (Å²) in [6.45, 7) is 7.12. The molecule has 4 heterocycles. The molecule has 1 N–H and O–H groups in total. The molecular formula is C26H30N4O. The highest BCUT2D eigenvalue weighted by Gasteiger charge is 2.23. The Morgan fingerprint density at radius 1 is 1.19 bits per heavy atom. The first-order valence-electron chi connectivity index (χ1n) is 11.3. The number of benzene rings is 1. The van der Waals surface area contributed by atoms with Gasteiger partial charge in [-0.1, -0.05) is 19.9 Å². The van der Waals surface area contributed by atoms with E-state index in [-0.39, 0.29) is 0 Å². The van der Waals surface area contributed by atoms with E-state index in [1.165, 1.54) is 38.7 Å². The van der Waals surface area contributed by atoms with Crippen LogP contribution in [0.1, 0.15) is 49.7 Å². The van der Waals surface area contributed by atoms with Crippen molar-refractivity contribution in [2.75, 3.05) is 19.6 Å². The third kappa shape index (κ3) is 3.47. The fourth-order valence-electron chi connectivity index (χ4n) is 5.26. The zero-order valence-corrected chi connectivity index (χ0v) is 18.6. The van der Waals surface area contributed by atoms with Crippen molar-refractivity contribution in [1.82, 2.24) is 19.4 Å². The Morgan fingerprint density at radius 3 is 2.74 bits per heavy atom. The standard InChI is InChI=1S/C26H30N4O/c1-17(2)24-21-15-19(18-8-11-30(12-9-18)13-14-31)6-7-23(21)28-25(24)22-16-29(3)26-20(22)5-4-10-27-26/h4-7,10,14-18,28H,8-9,11-13H2,1-3H3. The summed E-state index contributed by atoms with van der Waals surface area (Å²) in [5.74, 6) is 0.966. The van der Waals surface area contributed by atoms with Crippen LogP contribution in [0, 0.1) is 0 Å². The molecule has 0 amide bonds. The van der Waals surface area contributed by atoms with Crippen LogP contribution in [0.2, 0.25) is 0 Å². The van der Waals surface area contributed by atoms with E-state index in [2.05, 4.69) is 70.8 Å².